The standard InChI is InChI=1S/C14H15FN4O2S2/c1-4-11-13(19-14(16-11)22-9(3)17-19)23(20,21)18-12-6-5-8(2)7-10(12)15/h5-7,18H,4H2,1-3H3. The Labute approximate surface area is 137 Å². The Morgan fingerprint density at radius 2 is 2.09 bits per heavy atom. The molecule has 0 atom stereocenters. The second kappa shape index (κ2) is 5.57. The lowest BCUT2D eigenvalue weighted by Crippen LogP contribution is -2.18. The molecule has 0 amide bonds. The number of sulfonamides is 1. The van der Waals surface area contributed by atoms with Gasteiger partial charge in [0.15, 0.2) is 0 Å². The molecular formula is C14H15FN4O2S2. The van der Waals surface area contributed by atoms with Crippen molar-refractivity contribution >= 4 is 32.0 Å². The number of hydrogen-bond donors (Lipinski definition) is 1. The van der Waals surface area contributed by atoms with Gasteiger partial charge in [0.1, 0.15) is 10.8 Å². The number of benzene rings is 1. The highest BCUT2D eigenvalue weighted by molar-refractivity contribution is 7.92. The first-order valence-electron chi connectivity index (χ1n) is 6.96. The third kappa shape index (κ3) is 2.81. The quantitative estimate of drug-likeness (QED) is 0.781. The number of hydrogen-bond acceptors (Lipinski definition) is 5. The minimum atomic E-state index is -4.01. The molecular weight excluding hydrogens is 339 g/mol. The van der Waals surface area contributed by atoms with E-state index in [-0.39, 0.29) is 10.7 Å². The average Bonchev–Trinajstić information content (AvgIpc) is 2.97. The summed E-state index contributed by atoms with van der Waals surface area (Å²) < 4.78 is 43.0. The van der Waals surface area contributed by atoms with Crippen LogP contribution >= 0.6 is 11.3 Å². The fourth-order valence-electron chi connectivity index (χ4n) is 2.26. The summed E-state index contributed by atoms with van der Waals surface area (Å²) in [6, 6.07) is 4.32. The lowest BCUT2D eigenvalue weighted by molar-refractivity contribution is 0.589. The maximum absolute atomic E-state index is 14.0. The molecule has 1 aromatic carbocycles. The SMILES string of the molecule is CCc1nc2sc(C)nn2c1S(=O)(=O)Nc1ccc(C)cc1F. The van der Waals surface area contributed by atoms with Gasteiger partial charge in [-0.2, -0.15) is 18.0 Å². The van der Waals surface area contributed by atoms with Gasteiger partial charge in [-0.25, -0.2) is 9.37 Å². The Bertz CT molecular complexity index is 992. The van der Waals surface area contributed by atoms with Crippen molar-refractivity contribution in [1.29, 1.82) is 0 Å². The van der Waals surface area contributed by atoms with Crippen LogP contribution in [-0.4, -0.2) is 23.0 Å². The first kappa shape index (κ1) is 15.9. The highest BCUT2D eigenvalue weighted by Crippen LogP contribution is 2.25. The van der Waals surface area contributed by atoms with Gasteiger partial charge in [0.05, 0.1) is 11.4 Å². The number of halogens is 1. The van der Waals surface area contributed by atoms with Gasteiger partial charge in [-0.3, -0.25) is 4.72 Å². The second-order valence-corrected chi connectivity index (χ2v) is 7.88. The van der Waals surface area contributed by atoms with Crippen molar-refractivity contribution < 1.29 is 12.8 Å². The third-order valence-electron chi connectivity index (χ3n) is 3.29. The Morgan fingerprint density at radius 1 is 1.35 bits per heavy atom. The molecule has 0 unspecified atom stereocenters. The molecule has 3 rings (SSSR count). The monoisotopic (exact) mass is 354 g/mol. The van der Waals surface area contributed by atoms with Crippen molar-refractivity contribution in [2.24, 2.45) is 0 Å². The maximum Gasteiger partial charge on any atom is 0.281 e. The first-order chi connectivity index (χ1) is 10.8. The molecule has 0 fully saturated rings. The molecule has 6 nitrogen and oxygen atoms in total. The zero-order valence-electron chi connectivity index (χ0n) is 12.8. The summed E-state index contributed by atoms with van der Waals surface area (Å²) in [7, 11) is -4.01. The summed E-state index contributed by atoms with van der Waals surface area (Å²) in [6.07, 6.45) is 0.432. The number of nitrogens with one attached hydrogen (secondary N) is 1. The molecule has 0 aliphatic carbocycles. The van der Waals surface area contributed by atoms with E-state index in [0.29, 0.717) is 27.6 Å². The fourth-order valence-corrected chi connectivity index (χ4v) is 4.49. The summed E-state index contributed by atoms with van der Waals surface area (Å²) in [6.45, 7) is 5.31. The van der Waals surface area contributed by atoms with Gasteiger partial charge in [-0.05, 0) is 38.0 Å². The predicted octanol–water partition coefficient (Wildman–Crippen LogP) is 2.91. The van der Waals surface area contributed by atoms with Crippen LogP contribution in [0.5, 0.6) is 0 Å². The Hall–Kier alpha value is -2.00. The highest BCUT2D eigenvalue weighted by atomic mass is 32.2. The van der Waals surface area contributed by atoms with Gasteiger partial charge in [0.2, 0.25) is 9.99 Å². The van der Waals surface area contributed by atoms with Crippen molar-refractivity contribution in [2.45, 2.75) is 32.2 Å². The van der Waals surface area contributed by atoms with E-state index >= 15 is 0 Å². The van der Waals surface area contributed by atoms with Crippen molar-refractivity contribution in [3.63, 3.8) is 0 Å². The zero-order valence-corrected chi connectivity index (χ0v) is 14.4. The van der Waals surface area contributed by atoms with E-state index in [4.69, 9.17) is 0 Å². The van der Waals surface area contributed by atoms with Gasteiger partial charge in [0, 0.05) is 0 Å². The molecule has 0 spiro atoms. The molecule has 3 aromatic rings. The molecule has 1 N–H and O–H groups in total. The van der Waals surface area contributed by atoms with E-state index in [9.17, 15) is 12.8 Å². The molecule has 2 heterocycles. The Morgan fingerprint density at radius 3 is 2.74 bits per heavy atom. The van der Waals surface area contributed by atoms with E-state index in [0.717, 1.165) is 0 Å². The fraction of sp³-hybridized carbons (Fsp3) is 0.286. The molecule has 2 aromatic heterocycles. The van der Waals surface area contributed by atoms with E-state index in [1.165, 1.54) is 28.0 Å². The lowest BCUT2D eigenvalue weighted by Gasteiger charge is -2.09. The Balaban J connectivity index is 2.12. The van der Waals surface area contributed by atoms with Crippen LogP contribution in [0.15, 0.2) is 23.2 Å². The summed E-state index contributed by atoms with van der Waals surface area (Å²) in [4.78, 5) is 4.81. The van der Waals surface area contributed by atoms with Crippen molar-refractivity contribution in [3.8, 4) is 0 Å². The number of rotatable bonds is 4. The number of aryl methyl sites for hydroxylation is 3. The molecule has 0 aliphatic heterocycles. The van der Waals surface area contributed by atoms with Gasteiger partial charge >= 0.3 is 0 Å². The topological polar surface area (TPSA) is 76.4 Å². The van der Waals surface area contributed by atoms with Crippen LogP contribution in [0.25, 0.3) is 4.96 Å². The average molecular weight is 354 g/mol. The largest absolute Gasteiger partial charge is 0.281 e. The van der Waals surface area contributed by atoms with E-state index in [1.807, 2.05) is 6.92 Å². The van der Waals surface area contributed by atoms with Crippen molar-refractivity contribution in [2.75, 3.05) is 4.72 Å². The van der Waals surface area contributed by atoms with Crippen LogP contribution in [0.1, 0.15) is 23.2 Å². The third-order valence-corrected chi connectivity index (χ3v) is 5.52. The van der Waals surface area contributed by atoms with Gasteiger partial charge in [-0.15, -0.1) is 0 Å². The summed E-state index contributed by atoms with van der Waals surface area (Å²) >= 11 is 1.30. The Kier molecular flexibility index (Phi) is 3.85. The molecule has 0 saturated heterocycles. The van der Waals surface area contributed by atoms with Crippen molar-refractivity contribution in [1.82, 2.24) is 14.6 Å². The molecule has 0 bridgehead atoms. The normalized spacial score (nSPS) is 12.0. The van der Waals surface area contributed by atoms with Crippen molar-refractivity contribution in [3.05, 3.63) is 40.3 Å². The smallest absolute Gasteiger partial charge is 0.275 e. The predicted molar refractivity (Wildman–Crippen MR) is 86.9 cm³/mol. The van der Waals surface area contributed by atoms with Crippen LogP contribution in [0, 0.1) is 19.7 Å². The van der Waals surface area contributed by atoms with Gasteiger partial charge in [0.25, 0.3) is 10.0 Å². The molecule has 0 radical (unpaired) electrons. The van der Waals surface area contributed by atoms with Crippen LogP contribution in [0.2, 0.25) is 0 Å². The van der Waals surface area contributed by atoms with Gasteiger partial charge in [-0.1, -0.05) is 24.3 Å². The van der Waals surface area contributed by atoms with Crippen LogP contribution in [0.4, 0.5) is 10.1 Å². The highest BCUT2D eigenvalue weighted by Gasteiger charge is 2.27. The first-order valence-corrected chi connectivity index (χ1v) is 9.26. The summed E-state index contributed by atoms with van der Waals surface area (Å²) in [5.41, 5.74) is 1.02. The molecule has 23 heavy (non-hydrogen) atoms. The molecule has 0 aliphatic rings. The molecule has 9 heteroatoms. The number of fused-ring (bicyclic) bond motifs is 1. The van der Waals surface area contributed by atoms with Crippen LogP contribution in [0.3, 0.4) is 0 Å². The maximum atomic E-state index is 14.0. The number of anilines is 1. The van der Waals surface area contributed by atoms with Gasteiger partial charge < -0.3 is 0 Å². The van der Waals surface area contributed by atoms with E-state index < -0.39 is 15.8 Å². The number of nitrogens with zero attached hydrogens (tertiary/aromatic N) is 3. The lowest BCUT2D eigenvalue weighted by atomic mass is 10.2. The van der Waals surface area contributed by atoms with Crippen LogP contribution in [-0.2, 0) is 16.4 Å². The molecule has 0 saturated carbocycles. The van der Waals surface area contributed by atoms with E-state index in [2.05, 4.69) is 14.8 Å². The summed E-state index contributed by atoms with van der Waals surface area (Å²) in [5.74, 6) is -0.623. The van der Waals surface area contributed by atoms with Crippen LogP contribution < -0.4 is 4.72 Å². The summed E-state index contributed by atoms with van der Waals surface area (Å²) in [5, 5.41) is 4.85. The zero-order chi connectivity index (χ0) is 16.8. The van der Waals surface area contributed by atoms with E-state index in [1.54, 1.807) is 19.9 Å². The second-order valence-electron chi connectivity index (χ2n) is 5.12. The minimum Gasteiger partial charge on any atom is -0.275 e. The number of aromatic nitrogens is 3. The molecule has 122 valence electrons. The minimum absolute atomic E-state index is 0.0423. The number of imidazole rings is 1.